The zero-order valence-corrected chi connectivity index (χ0v) is 20.4. The van der Waals surface area contributed by atoms with Crippen LogP contribution in [0, 0.1) is 17.3 Å². The zero-order valence-electron chi connectivity index (χ0n) is 19.7. The molecule has 0 spiro atoms. The van der Waals surface area contributed by atoms with Gasteiger partial charge in [-0.15, -0.1) is 4.73 Å². The van der Waals surface area contributed by atoms with Gasteiger partial charge in [-0.3, -0.25) is 9.78 Å². The van der Waals surface area contributed by atoms with Gasteiger partial charge in [0.25, 0.3) is 16.7 Å². The molecule has 0 saturated carbocycles. The molecule has 1 amide bonds. The quantitative estimate of drug-likeness (QED) is 0.219. The third kappa shape index (κ3) is 5.00. The normalized spacial score (nSPS) is 12.0. The number of rotatable bonds is 8. The maximum Gasteiger partial charge on any atom is 0.350 e. The number of benzene rings is 2. The average molecular weight is 496 g/mol. The van der Waals surface area contributed by atoms with Crippen LogP contribution in [0.2, 0.25) is 5.02 Å². The summed E-state index contributed by atoms with van der Waals surface area (Å²) in [7, 11) is 1.62. The van der Waals surface area contributed by atoms with Crippen molar-refractivity contribution in [2.45, 2.75) is 32.7 Å². The number of halogens is 1. The lowest BCUT2D eigenvalue weighted by atomic mass is 10.1. The number of carbonyl (C=O) groups is 1. The van der Waals surface area contributed by atoms with Crippen molar-refractivity contribution in [2.75, 3.05) is 19.0 Å². The van der Waals surface area contributed by atoms with E-state index in [9.17, 15) is 15.2 Å². The molecule has 0 fully saturated rings. The lowest BCUT2D eigenvalue weighted by molar-refractivity contribution is -0.635. The van der Waals surface area contributed by atoms with Crippen molar-refractivity contribution >= 4 is 45.1 Å². The Morgan fingerprint density at radius 3 is 2.74 bits per heavy atom. The fourth-order valence-electron chi connectivity index (χ4n) is 4.06. The van der Waals surface area contributed by atoms with E-state index in [-0.39, 0.29) is 28.5 Å². The molecular formula is C25H26ClN5O4. The molecular weight excluding hydrogens is 470 g/mol. The molecule has 182 valence electrons. The van der Waals surface area contributed by atoms with E-state index in [1.165, 1.54) is 25.1 Å². The molecule has 0 bridgehead atoms. The van der Waals surface area contributed by atoms with Gasteiger partial charge in [-0.05, 0) is 38.0 Å². The fourth-order valence-corrected chi connectivity index (χ4v) is 4.22. The predicted octanol–water partition coefficient (Wildman–Crippen LogP) is 3.64. The summed E-state index contributed by atoms with van der Waals surface area (Å²) in [5.74, 6) is 0.133. The van der Waals surface area contributed by atoms with Gasteiger partial charge in [-0.1, -0.05) is 17.7 Å². The minimum atomic E-state index is -0.604. The van der Waals surface area contributed by atoms with E-state index in [2.05, 4.69) is 15.6 Å². The molecule has 0 radical (unpaired) electrons. The van der Waals surface area contributed by atoms with E-state index < -0.39 is 5.91 Å². The van der Waals surface area contributed by atoms with Crippen molar-refractivity contribution in [3.05, 3.63) is 75.5 Å². The topological polar surface area (TPSA) is 117 Å². The molecule has 1 unspecified atom stereocenters. The monoisotopic (exact) mass is 495 g/mol. The summed E-state index contributed by atoms with van der Waals surface area (Å²) < 4.78 is 6.44. The molecule has 4 rings (SSSR count). The number of fused-ring (bicyclic) bond motifs is 2. The van der Waals surface area contributed by atoms with Crippen LogP contribution in [-0.2, 0) is 0 Å². The Bertz CT molecular complexity index is 1410. The number of methoxy groups -OCH3 is 1. The highest BCUT2D eigenvalue weighted by Gasteiger charge is 2.30. The number of ether oxygens (including phenoxy) is 1. The van der Waals surface area contributed by atoms with Crippen LogP contribution in [0.5, 0.6) is 5.75 Å². The number of hydrogen-bond acceptors (Lipinski definition) is 6. The summed E-state index contributed by atoms with van der Waals surface area (Å²) in [4.78, 5) is 17.2. The van der Waals surface area contributed by atoms with E-state index in [0.29, 0.717) is 27.4 Å². The molecule has 0 aliphatic heterocycles. The Kier molecular flexibility index (Phi) is 7.07. The van der Waals surface area contributed by atoms with E-state index in [1.807, 2.05) is 31.2 Å². The lowest BCUT2D eigenvalue weighted by Crippen LogP contribution is -2.48. The minimum Gasteiger partial charge on any atom is -0.618 e. The van der Waals surface area contributed by atoms with Gasteiger partial charge in [0.15, 0.2) is 0 Å². The number of nitrogens with zero attached hydrogens (tertiary/aromatic N) is 3. The standard InChI is InChI=1S/C25H26ClN5O4/c1-15(29-20-14-19(35-3)12-17-7-5-10-27-23(17)20)6-4-11-28-25(32)24-16(2)30(33)21-9-8-18(26)13-22(21)31(24)34/h5,7-10,12-15,29H,4,6,11H2,1-3H3,(H,28,32). The highest BCUT2D eigenvalue weighted by atomic mass is 35.5. The molecule has 0 aliphatic rings. The number of anilines is 1. The maximum absolute atomic E-state index is 12.8. The minimum absolute atomic E-state index is 0.0276. The molecule has 2 heterocycles. The van der Waals surface area contributed by atoms with Crippen molar-refractivity contribution in [3.63, 3.8) is 0 Å². The van der Waals surface area contributed by atoms with Gasteiger partial charge in [-0.2, -0.15) is 4.73 Å². The molecule has 4 aromatic rings. The molecule has 2 aromatic carbocycles. The van der Waals surface area contributed by atoms with E-state index >= 15 is 0 Å². The largest absolute Gasteiger partial charge is 0.618 e. The number of pyridine rings is 1. The van der Waals surface area contributed by atoms with Crippen LogP contribution in [0.15, 0.2) is 48.7 Å². The Hall–Kier alpha value is -3.85. The van der Waals surface area contributed by atoms with Crippen LogP contribution in [0.1, 0.15) is 35.9 Å². The van der Waals surface area contributed by atoms with Crippen LogP contribution < -0.4 is 24.8 Å². The zero-order chi connectivity index (χ0) is 25.1. The predicted molar refractivity (Wildman–Crippen MR) is 135 cm³/mol. The highest BCUT2D eigenvalue weighted by Crippen LogP contribution is 2.28. The lowest BCUT2D eigenvalue weighted by Gasteiger charge is -2.17. The van der Waals surface area contributed by atoms with E-state index in [4.69, 9.17) is 16.3 Å². The molecule has 2 aromatic heterocycles. The first-order valence-corrected chi connectivity index (χ1v) is 11.6. The molecule has 35 heavy (non-hydrogen) atoms. The third-order valence-corrected chi connectivity index (χ3v) is 6.09. The van der Waals surface area contributed by atoms with Crippen molar-refractivity contribution < 1.29 is 19.0 Å². The van der Waals surface area contributed by atoms with E-state index in [1.54, 1.807) is 13.3 Å². The Labute approximate surface area is 207 Å². The first-order valence-electron chi connectivity index (χ1n) is 11.2. The molecule has 2 N–H and O–H groups in total. The summed E-state index contributed by atoms with van der Waals surface area (Å²) >= 11 is 5.97. The number of carbonyl (C=O) groups excluding carboxylic acids is 1. The summed E-state index contributed by atoms with van der Waals surface area (Å²) in [5.41, 5.74) is 1.70. The van der Waals surface area contributed by atoms with Gasteiger partial charge in [-0.25, -0.2) is 0 Å². The van der Waals surface area contributed by atoms with Gasteiger partial charge in [0.05, 0.1) is 18.3 Å². The van der Waals surface area contributed by atoms with Crippen molar-refractivity contribution in [1.29, 1.82) is 0 Å². The highest BCUT2D eigenvalue weighted by molar-refractivity contribution is 6.31. The second-order valence-electron chi connectivity index (χ2n) is 8.35. The van der Waals surface area contributed by atoms with Crippen molar-refractivity contribution in [2.24, 2.45) is 0 Å². The van der Waals surface area contributed by atoms with Crippen LogP contribution in [-0.4, -0.2) is 30.6 Å². The fraction of sp³-hybridized carbons (Fsp3) is 0.280. The van der Waals surface area contributed by atoms with Crippen LogP contribution in [0.3, 0.4) is 0 Å². The summed E-state index contributed by atoms with van der Waals surface area (Å²) in [6, 6.07) is 12.1. The maximum atomic E-state index is 12.8. The van der Waals surface area contributed by atoms with Gasteiger partial charge in [0.2, 0.25) is 0 Å². The molecule has 0 aliphatic carbocycles. The first-order chi connectivity index (χ1) is 16.8. The summed E-state index contributed by atoms with van der Waals surface area (Å²) in [5, 5.41) is 32.9. The number of aromatic nitrogens is 3. The SMILES string of the molecule is COc1cc(NC(C)CCCNC(=O)c2c(C)[n+]([O-])c3ccc(Cl)cc3[n+]2[O-])c2ncccc2c1. The Morgan fingerprint density at radius 1 is 1.17 bits per heavy atom. The second kappa shape index (κ2) is 10.2. The Balaban J connectivity index is 1.40. The van der Waals surface area contributed by atoms with Crippen molar-refractivity contribution in [3.8, 4) is 5.75 Å². The number of hydrogen-bond donors (Lipinski definition) is 2. The smallest absolute Gasteiger partial charge is 0.350 e. The number of amides is 1. The summed E-state index contributed by atoms with van der Waals surface area (Å²) in [6.07, 6.45) is 3.15. The molecule has 1 atom stereocenters. The molecule has 10 heteroatoms. The number of nitrogens with one attached hydrogen (secondary N) is 2. The van der Waals surface area contributed by atoms with E-state index in [0.717, 1.165) is 28.8 Å². The van der Waals surface area contributed by atoms with Gasteiger partial charge >= 0.3 is 11.6 Å². The first kappa shape index (κ1) is 24.3. The van der Waals surface area contributed by atoms with Gasteiger partial charge in [0, 0.05) is 54.3 Å². The van der Waals surface area contributed by atoms with Crippen molar-refractivity contribution in [1.82, 2.24) is 10.3 Å². The second-order valence-corrected chi connectivity index (χ2v) is 8.79. The third-order valence-electron chi connectivity index (χ3n) is 5.86. The van der Waals surface area contributed by atoms with Gasteiger partial charge < -0.3 is 25.8 Å². The summed E-state index contributed by atoms with van der Waals surface area (Å²) in [6.45, 7) is 3.83. The molecule has 9 nitrogen and oxygen atoms in total. The molecule has 0 saturated heterocycles. The Morgan fingerprint density at radius 2 is 1.97 bits per heavy atom. The van der Waals surface area contributed by atoms with Crippen LogP contribution in [0.4, 0.5) is 5.69 Å². The van der Waals surface area contributed by atoms with Crippen LogP contribution in [0.25, 0.3) is 21.9 Å². The average Bonchev–Trinajstić information content (AvgIpc) is 2.85. The van der Waals surface area contributed by atoms with Crippen LogP contribution >= 0.6 is 11.6 Å². The van der Waals surface area contributed by atoms with Gasteiger partial charge in [0.1, 0.15) is 5.75 Å².